The van der Waals surface area contributed by atoms with Crippen LogP contribution in [0.2, 0.25) is 15.1 Å². The van der Waals surface area contributed by atoms with Crippen LogP contribution in [-0.2, 0) is 9.53 Å². The van der Waals surface area contributed by atoms with Crippen LogP contribution in [0, 0.1) is 0 Å². The molecule has 9 heteroatoms. The summed E-state index contributed by atoms with van der Waals surface area (Å²) < 4.78 is 16.4. The van der Waals surface area contributed by atoms with Crippen LogP contribution in [0.5, 0.6) is 11.5 Å². The molecule has 172 valence electrons. The predicted molar refractivity (Wildman–Crippen MR) is 131 cm³/mol. The molecular weight excluding hydrogens is 501 g/mol. The molecule has 0 unspecified atom stereocenters. The van der Waals surface area contributed by atoms with Gasteiger partial charge in [-0.05, 0) is 61.0 Å². The molecule has 1 aliphatic rings. The lowest BCUT2D eigenvalue weighted by molar-refractivity contribution is -0.129. The maximum Gasteiger partial charge on any atom is 0.363 e. The van der Waals surface area contributed by atoms with Crippen LogP contribution < -0.4 is 9.47 Å². The number of cyclic esters (lactones) is 1. The van der Waals surface area contributed by atoms with Gasteiger partial charge in [-0.1, -0.05) is 53.0 Å². The second-order valence-electron chi connectivity index (χ2n) is 6.98. The number of rotatable bonds is 6. The van der Waals surface area contributed by atoms with Crippen molar-refractivity contribution < 1.29 is 23.8 Å². The van der Waals surface area contributed by atoms with E-state index < -0.39 is 11.9 Å². The van der Waals surface area contributed by atoms with Crippen molar-refractivity contribution in [3.05, 3.63) is 98.1 Å². The molecule has 4 rings (SSSR count). The number of benzene rings is 3. The highest BCUT2D eigenvalue weighted by Gasteiger charge is 2.26. The summed E-state index contributed by atoms with van der Waals surface area (Å²) in [6.45, 7) is 2.08. The largest absolute Gasteiger partial charge is 0.490 e. The predicted octanol–water partition coefficient (Wildman–Crippen LogP) is 6.61. The first-order valence-electron chi connectivity index (χ1n) is 10.1. The molecule has 0 aliphatic carbocycles. The lowest BCUT2D eigenvalue weighted by Gasteiger charge is -2.13. The normalized spacial score (nSPS) is 14.1. The van der Waals surface area contributed by atoms with Crippen molar-refractivity contribution in [2.75, 3.05) is 6.61 Å². The summed E-state index contributed by atoms with van der Waals surface area (Å²) in [5.74, 6) is -0.867. The van der Waals surface area contributed by atoms with E-state index in [0.29, 0.717) is 33.3 Å². The van der Waals surface area contributed by atoms with Gasteiger partial charge in [-0.25, -0.2) is 14.6 Å². The number of halogens is 3. The fraction of sp³-hybridized carbons (Fsp3) is 0.0800. The number of carbonyl (C=O) groups is 2. The molecular formula is C25H16Cl3NO5. The van der Waals surface area contributed by atoms with Crippen molar-refractivity contribution in [1.29, 1.82) is 0 Å². The van der Waals surface area contributed by atoms with E-state index in [9.17, 15) is 9.59 Å². The maximum atomic E-state index is 12.5. The number of esters is 2. The third-order valence-corrected chi connectivity index (χ3v) is 5.45. The molecule has 0 bridgehead atoms. The number of ether oxygens (including phenoxy) is 3. The zero-order valence-corrected chi connectivity index (χ0v) is 19.9. The molecule has 3 aromatic rings. The molecule has 0 saturated heterocycles. The average Bonchev–Trinajstić information content (AvgIpc) is 3.16. The lowest BCUT2D eigenvalue weighted by Crippen LogP contribution is -2.10. The Balaban J connectivity index is 1.66. The molecule has 0 fully saturated rings. The molecule has 0 N–H and O–H groups in total. The van der Waals surface area contributed by atoms with Crippen molar-refractivity contribution in [2.24, 2.45) is 4.99 Å². The van der Waals surface area contributed by atoms with E-state index in [4.69, 9.17) is 49.0 Å². The Labute approximate surface area is 210 Å². The molecule has 0 saturated carbocycles. The van der Waals surface area contributed by atoms with E-state index in [1.165, 1.54) is 18.2 Å². The highest BCUT2D eigenvalue weighted by Crippen LogP contribution is 2.38. The van der Waals surface area contributed by atoms with E-state index in [-0.39, 0.29) is 28.1 Å². The first kappa shape index (κ1) is 23.8. The number of hydrogen-bond acceptors (Lipinski definition) is 6. The van der Waals surface area contributed by atoms with Gasteiger partial charge in [0.2, 0.25) is 5.90 Å². The van der Waals surface area contributed by atoms with Crippen LogP contribution in [0.25, 0.3) is 6.08 Å². The molecule has 0 amide bonds. The smallest absolute Gasteiger partial charge is 0.363 e. The summed E-state index contributed by atoms with van der Waals surface area (Å²) in [5.41, 5.74) is 1.32. The van der Waals surface area contributed by atoms with Crippen LogP contribution in [0.15, 0.2) is 71.4 Å². The molecule has 34 heavy (non-hydrogen) atoms. The van der Waals surface area contributed by atoms with E-state index in [1.807, 2.05) is 0 Å². The molecule has 1 aliphatic heterocycles. The van der Waals surface area contributed by atoms with Gasteiger partial charge in [-0.15, -0.1) is 0 Å². The van der Waals surface area contributed by atoms with Crippen molar-refractivity contribution in [3.63, 3.8) is 0 Å². The summed E-state index contributed by atoms with van der Waals surface area (Å²) in [6, 6.07) is 16.4. The number of carbonyl (C=O) groups excluding carboxylic acids is 2. The molecule has 3 aromatic carbocycles. The lowest BCUT2D eigenvalue weighted by atomic mass is 10.1. The summed E-state index contributed by atoms with van der Waals surface area (Å²) in [6.07, 6.45) is 1.48. The van der Waals surface area contributed by atoms with Gasteiger partial charge in [-0.2, -0.15) is 0 Å². The standard InChI is InChI=1S/C25H16Cl3NO5/c1-2-32-21-12-14(10-19(28)22(21)33-24(30)15-6-4-3-5-7-15)11-20-25(31)34-23(29-20)17-9-8-16(26)13-18(17)27/h3-13H,2H2,1H3/b20-11-. The Bertz CT molecular complexity index is 1340. The van der Waals surface area contributed by atoms with E-state index in [1.54, 1.807) is 55.5 Å². The minimum atomic E-state index is -0.658. The number of hydrogen-bond donors (Lipinski definition) is 0. The van der Waals surface area contributed by atoms with Gasteiger partial charge >= 0.3 is 11.9 Å². The van der Waals surface area contributed by atoms with Gasteiger partial charge in [0.1, 0.15) is 0 Å². The molecule has 0 radical (unpaired) electrons. The Hall–Kier alpha value is -3.32. The Morgan fingerprint density at radius 2 is 1.79 bits per heavy atom. The van der Waals surface area contributed by atoms with Gasteiger partial charge in [0.15, 0.2) is 17.2 Å². The zero-order valence-electron chi connectivity index (χ0n) is 17.7. The van der Waals surface area contributed by atoms with Gasteiger partial charge in [0.05, 0.1) is 27.8 Å². The molecule has 0 aromatic heterocycles. The van der Waals surface area contributed by atoms with E-state index in [0.717, 1.165) is 0 Å². The average molecular weight is 517 g/mol. The highest BCUT2D eigenvalue weighted by molar-refractivity contribution is 6.37. The minimum absolute atomic E-state index is 0.0357. The molecule has 0 atom stereocenters. The van der Waals surface area contributed by atoms with E-state index in [2.05, 4.69) is 4.99 Å². The van der Waals surface area contributed by atoms with Crippen molar-refractivity contribution in [3.8, 4) is 11.5 Å². The van der Waals surface area contributed by atoms with E-state index >= 15 is 0 Å². The van der Waals surface area contributed by atoms with Gasteiger partial charge in [0, 0.05) is 5.02 Å². The molecule has 1 heterocycles. The minimum Gasteiger partial charge on any atom is -0.490 e. The first-order chi connectivity index (χ1) is 16.4. The third kappa shape index (κ3) is 5.25. The highest BCUT2D eigenvalue weighted by atomic mass is 35.5. The van der Waals surface area contributed by atoms with Crippen LogP contribution in [0.4, 0.5) is 0 Å². The van der Waals surface area contributed by atoms with Crippen molar-refractivity contribution >= 4 is 58.7 Å². The fourth-order valence-electron chi connectivity index (χ4n) is 3.10. The van der Waals surface area contributed by atoms with Crippen LogP contribution in [0.3, 0.4) is 0 Å². The first-order valence-corrected chi connectivity index (χ1v) is 11.2. The van der Waals surface area contributed by atoms with Crippen molar-refractivity contribution in [2.45, 2.75) is 6.92 Å². The molecule has 6 nitrogen and oxygen atoms in total. The quantitative estimate of drug-likeness (QED) is 0.209. The van der Waals surface area contributed by atoms with Gasteiger partial charge in [0.25, 0.3) is 0 Å². The number of nitrogens with zero attached hydrogens (tertiary/aromatic N) is 1. The third-order valence-electron chi connectivity index (χ3n) is 4.62. The summed E-state index contributed by atoms with van der Waals surface area (Å²) in [5, 5.41) is 0.866. The monoisotopic (exact) mass is 515 g/mol. The second-order valence-corrected chi connectivity index (χ2v) is 8.23. The van der Waals surface area contributed by atoms with Crippen LogP contribution in [-0.4, -0.2) is 24.4 Å². The molecule has 0 spiro atoms. The Kier molecular flexibility index (Phi) is 7.22. The zero-order chi connectivity index (χ0) is 24.2. The Morgan fingerprint density at radius 3 is 2.50 bits per heavy atom. The topological polar surface area (TPSA) is 74.2 Å². The second kappa shape index (κ2) is 10.3. The fourth-order valence-corrected chi connectivity index (χ4v) is 3.85. The summed E-state index contributed by atoms with van der Waals surface area (Å²) >= 11 is 18.5. The van der Waals surface area contributed by atoms with Gasteiger partial charge in [-0.3, -0.25) is 0 Å². The Morgan fingerprint density at radius 1 is 1.03 bits per heavy atom. The number of aliphatic imine (C=N–C) groups is 1. The van der Waals surface area contributed by atoms with Gasteiger partial charge < -0.3 is 14.2 Å². The summed E-state index contributed by atoms with van der Waals surface area (Å²) in [4.78, 5) is 29.2. The van der Waals surface area contributed by atoms with Crippen molar-refractivity contribution in [1.82, 2.24) is 0 Å². The van der Waals surface area contributed by atoms with Crippen LogP contribution >= 0.6 is 34.8 Å². The van der Waals surface area contributed by atoms with Crippen LogP contribution in [0.1, 0.15) is 28.4 Å². The maximum absolute atomic E-state index is 12.5. The summed E-state index contributed by atoms with van der Waals surface area (Å²) in [7, 11) is 0. The SMILES string of the molecule is CCOc1cc(/C=C2\N=C(c3ccc(Cl)cc3Cl)OC2=O)cc(Cl)c1OC(=O)c1ccccc1.